The predicted molar refractivity (Wildman–Crippen MR) is 96.3 cm³/mol. The van der Waals surface area contributed by atoms with E-state index in [2.05, 4.69) is 5.32 Å². The van der Waals surface area contributed by atoms with Crippen LogP contribution in [-0.4, -0.2) is 36.6 Å². The van der Waals surface area contributed by atoms with Gasteiger partial charge in [0.05, 0.1) is 18.8 Å². The molecule has 0 aliphatic heterocycles. The third-order valence-corrected chi connectivity index (χ3v) is 5.15. The minimum atomic E-state index is -0.618. The molecule has 0 heterocycles. The SMILES string of the molecule is CC(=O)N[C@]1(C)[C@H](COC(C)=O)C[C@H](COC(C)=O)[C@H]1c1ccccc1. The lowest BCUT2D eigenvalue weighted by Crippen LogP contribution is -2.53. The van der Waals surface area contributed by atoms with Gasteiger partial charge < -0.3 is 14.8 Å². The van der Waals surface area contributed by atoms with E-state index in [1.165, 1.54) is 20.8 Å². The van der Waals surface area contributed by atoms with Gasteiger partial charge in [0.25, 0.3) is 0 Å². The molecular formula is C20H27NO5. The minimum absolute atomic E-state index is 0.0127. The lowest BCUT2D eigenvalue weighted by atomic mass is 9.76. The van der Waals surface area contributed by atoms with Gasteiger partial charge in [-0.15, -0.1) is 0 Å². The van der Waals surface area contributed by atoms with E-state index in [1.54, 1.807) is 0 Å². The Morgan fingerprint density at radius 3 is 2.15 bits per heavy atom. The summed E-state index contributed by atoms with van der Waals surface area (Å²) in [4.78, 5) is 34.6. The van der Waals surface area contributed by atoms with Gasteiger partial charge in [-0.25, -0.2) is 0 Å². The first-order valence-corrected chi connectivity index (χ1v) is 8.84. The molecule has 0 unspecified atom stereocenters. The molecule has 0 aromatic heterocycles. The zero-order valence-electron chi connectivity index (χ0n) is 15.8. The molecule has 1 aliphatic carbocycles. The number of benzene rings is 1. The van der Waals surface area contributed by atoms with Gasteiger partial charge >= 0.3 is 11.9 Å². The molecule has 1 aromatic carbocycles. The highest BCUT2D eigenvalue weighted by molar-refractivity contribution is 5.74. The maximum Gasteiger partial charge on any atom is 0.302 e. The number of rotatable bonds is 6. The van der Waals surface area contributed by atoms with Crippen LogP contribution in [0.15, 0.2) is 30.3 Å². The van der Waals surface area contributed by atoms with Crippen molar-refractivity contribution in [1.82, 2.24) is 5.32 Å². The summed E-state index contributed by atoms with van der Waals surface area (Å²) >= 11 is 0. The van der Waals surface area contributed by atoms with Crippen LogP contribution in [0.5, 0.6) is 0 Å². The summed E-state index contributed by atoms with van der Waals surface area (Å²) in [6.45, 7) is 6.70. The van der Waals surface area contributed by atoms with Gasteiger partial charge in [-0.3, -0.25) is 14.4 Å². The number of esters is 2. The maximum absolute atomic E-state index is 11.9. The molecule has 6 heteroatoms. The molecule has 0 radical (unpaired) electrons. The molecule has 26 heavy (non-hydrogen) atoms. The van der Waals surface area contributed by atoms with Crippen molar-refractivity contribution in [1.29, 1.82) is 0 Å². The monoisotopic (exact) mass is 361 g/mol. The van der Waals surface area contributed by atoms with Crippen LogP contribution in [0.4, 0.5) is 0 Å². The first-order chi connectivity index (χ1) is 12.2. The van der Waals surface area contributed by atoms with E-state index in [0.717, 1.165) is 5.56 Å². The molecule has 0 spiro atoms. The largest absolute Gasteiger partial charge is 0.466 e. The number of amides is 1. The fourth-order valence-corrected chi connectivity index (χ4v) is 4.18. The molecule has 0 saturated heterocycles. The highest BCUT2D eigenvalue weighted by atomic mass is 16.5. The third-order valence-electron chi connectivity index (χ3n) is 5.15. The minimum Gasteiger partial charge on any atom is -0.466 e. The second-order valence-electron chi connectivity index (χ2n) is 7.15. The summed E-state index contributed by atoms with van der Waals surface area (Å²) in [6, 6.07) is 9.86. The summed E-state index contributed by atoms with van der Waals surface area (Å²) in [5.74, 6) is -0.960. The maximum atomic E-state index is 11.9. The number of ether oxygens (including phenoxy) is 2. The van der Waals surface area contributed by atoms with Gasteiger partial charge in [0, 0.05) is 38.5 Å². The average Bonchev–Trinajstić information content (AvgIpc) is 2.82. The number of hydrogen-bond donors (Lipinski definition) is 1. The van der Waals surface area contributed by atoms with Crippen molar-refractivity contribution >= 4 is 17.8 Å². The molecule has 1 amide bonds. The van der Waals surface area contributed by atoms with E-state index in [1.807, 2.05) is 37.3 Å². The van der Waals surface area contributed by atoms with Gasteiger partial charge in [0.2, 0.25) is 5.91 Å². The van der Waals surface area contributed by atoms with Crippen LogP contribution >= 0.6 is 0 Å². The Labute approximate surface area is 154 Å². The van der Waals surface area contributed by atoms with Crippen molar-refractivity contribution in [2.24, 2.45) is 11.8 Å². The van der Waals surface area contributed by atoms with Crippen molar-refractivity contribution < 1.29 is 23.9 Å². The first-order valence-electron chi connectivity index (χ1n) is 8.84. The van der Waals surface area contributed by atoms with Crippen molar-refractivity contribution in [3.8, 4) is 0 Å². The molecule has 142 valence electrons. The van der Waals surface area contributed by atoms with Crippen LogP contribution < -0.4 is 5.32 Å². The standard InChI is InChI=1S/C20H27NO5/c1-13(22)21-20(4)18(12-26-15(3)24)10-17(11-25-14(2)23)19(20)16-8-6-5-7-9-16/h5-9,17-19H,10-12H2,1-4H3,(H,21,22)/t17-,18+,19-,20-/m1/s1. The Hall–Kier alpha value is -2.37. The summed E-state index contributed by atoms with van der Waals surface area (Å²) in [7, 11) is 0. The van der Waals surface area contributed by atoms with Crippen LogP contribution in [-0.2, 0) is 23.9 Å². The highest BCUT2D eigenvalue weighted by Gasteiger charge is 2.53. The molecule has 4 atom stereocenters. The zero-order chi connectivity index (χ0) is 19.3. The Balaban J connectivity index is 2.40. The fraction of sp³-hybridized carbons (Fsp3) is 0.550. The molecule has 1 fully saturated rings. The van der Waals surface area contributed by atoms with Gasteiger partial charge in [-0.2, -0.15) is 0 Å². The van der Waals surface area contributed by atoms with E-state index in [9.17, 15) is 14.4 Å². The van der Waals surface area contributed by atoms with Gasteiger partial charge in [0.1, 0.15) is 0 Å². The Morgan fingerprint density at radius 1 is 1.04 bits per heavy atom. The molecule has 6 nitrogen and oxygen atoms in total. The third kappa shape index (κ3) is 4.62. The van der Waals surface area contributed by atoms with Crippen molar-refractivity contribution in [2.45, 2.75) is 45.6 Å². The van der Waals surface area contributed by atoms with E-state index in [-0.39, 0.29) is 48.8 Å². The Morgan fingerprint density at radius 2 is 1.62 bits per heavy atom. The summed E-state index contributed by atoms with van der Waals surface area (Å²) in [5, 5.41) is 3.09. The second-order valence-corrected chi connectivity index (χ2v) is 7.15. The smallest absolute Gasteiger partial charge is 0.302 e. The van der Waals surface area contributed by atoms with Crippen molar-refractivity contribution in [3.63, 3.8) is 0 Å². The molecule has 1 aliphatic rings. The van der Waals surface area contributed by atoms with Crippen LogP contribution in [0.3, 0.4) is 0 Å². The van der Waals surface area contributed by atoms with E-state index < -0.39 is 5.54 Å². The van der Waals surface area contributed by atoms with Crippen LogP contribution in [0.1, 0.15) is 45.6 Å². The summed E-state index contributed by atoms with van der Waals surface area (Å²) in [5.41, 5.74) is 0.444. The summed E-state index contributed by atoms with van der Waals surface area (Å²) in [6.07, 6.45) is 0.677. The van der Waals surface area contributed by atoms with E-state index in [4.69, 9.17) is 9.47 Å². The van der Waals surface area contributed by atoms with Crippen LogP contribution in [0, 0.1) is 11.8 Å². The quantitative estimate of drug-likeness (QED) is 0.787. The van der Waals surface area contributed by atoms with Gasteiger partial charge in [0.15, 0.2) is 0 Å². The summed E-state index contributed by atoms with van der Waals surface area (Å²) < 4.78 is 10.6. The van der Waals surface area contributed by atoms with Crippen molar-refractivity contribution in [3.05, 3.63) is 35.9 Å². The molecule has 2 rings (SSSR count). The number of carbonyl (C=O) groups is 3. The van der Waals surface area contributed by atoms with Crippen LogP contribution in [0.2, 0.25) is 0 Å². The molecule has 1 aromatic rings. The first kappa shape index (κ1) is 19.9. The number of hydrogen-bond acceptors (Lipinski definition) is 5. The van der Waals surface area contributed by atoms with Crippen LogP contribution in [0.25, 0.3) is 0 Å². The van der Waals surface area contributed by atoms with E-state index in [0.29, 0.717) is 6.42 Å². The molecule has 1 N–H and O–H groups in total. The topological polar surface area (TPSA) is 81.7 Å². The number of carbonyl (C=O) groups excluding carboxylic acids is 3. The predicted octanol–water partition coefficient (Wildman–Crippen LogP) is 2.43. The fourth-order valence-electron chi connectivity index (χ4n) is 4.18. The normalized spacial score (nSPS) is 27.6. The molecular weight excluding hydrogens is 334 g/mol. The Bertz CT molecular complexity index is 659. The average molecular weight is 361 g/mol. The Kier molecular flexibility index (Phi) is 6.40. The van der Waals surface area contributed by atoms with Gasteiger partial charge in [-0.1, -0.05) is 30.3 Å². The van der Waals surface area contributed by atoms with Gasteiger partial charge in [-0.05, 0) is 18.9 Å². The molecule has 0 bridgehead atoms. The second kappa shape index (κ2) is 8.34. The molecule has 1 saturated carbocycles. The highest BCUT2D eigenvalue weighted by Crippen LogP contribution is 2.50. The van der Waals surface area contributed by atoms with E-state index >= 15 is 0 Å². The lowest BCUT2D eigenvalue weighted by Gasteiger charge is -2.38. The zero-order valence-corrected chi connectivity index (χ0v) is 15.8. The lowest BCUT2D eigenvalue weighted by molar-refractivity contribution is -0.143. The number of nitrogens with one attached hydrogen (secondary N) is 1. The van der Waals surface area contributed by atoms with Crippen molar-refractivity contribution in [2.75, 3.05) is 13.2 Å².